The third-order valence-electron chi connectivity index (χ3n) is 5.12. The molecule has 0 saturated heterocycles. The van der Waals surface area contributed by atoms with Gasteiger partial charge in [-0.25, -0.2) is 10.4 Å². The quantitative estimate of drug-likeness (QED) is 0.182. The number of aromatic amines is 1. The summed E-state index contributed by atoms with van der Waals surface area (Å²) in [7, 11) is 0. The Morgan fingerprint density at radius 1 is 1.16 bits per heavy atom. The molecule has 1 heterocycles. The van der Waals surface area contributed by atoms with E-state index in [9.17, 15) is 10.1 Å². The fourth-order valence-corrected chi connectivity index (χ4v) is 4.20. The van der Waals surface area contributed by atoms with Crippen LogP contribution in [0.25, 0.3) is 11.3 Å². The van der Waals surface area contributed by atoms with Gasteiger partial charge in [0.05, 0.1) is 23.0 Å². The Morgan fingerprint density at radius 2 is 1.92 bits per heavy atom. The van der Waals surface area contributed by atoms with E-state index in [0.29, 0.717) is 38.7 Å². The number of benzene rings is 3. The summed E-state index contributed by atoms with van der Waals surface area (Å²) in [5.74, 6) is 1.17. The number of ether oxygens (including phenoxy) is 2. The Hall–Kier alpha value is -4.13. The van der Waals surface area contributed by atoms with Crippen molar-refractivity contribution in [2.75, 3.05) is 12.0 Å². The molecule has 0 aliphatic carbocycles. The van der Waals surface area contributed by atoms with E-state index < -0.39 is 5.56 Å². The van der Waals surface area contributed by atoms with Gasteiger partial charge in [-0.15, -0.1) is 0 Å². The van der Waals surface area contributed by atoms with Crippen LogP contribution >= 0.6 is 27.5 Å². The number of nitriles is 1. The predicted molar refractivity (Wildman–Crippen MR) is 147 cm³/mol. The largest absolute Gasteiger partial charge is 0.490 e. The first-order chi connectivity index (χ1) is 18.0. The van der Waals surface area contributed by atoms with E-state index >= 15 is 0 Å². The molecule has 0 atom stereocenters. The summed E-state index contributed by atoms with van der Waals surface area (Å²) < 4.78 is 12.5. The molecule has 8 nitrogen and oxygen atoms in total. The molecule has 0 unspecified atom stereocenters. The number of anilines is 1. The lowest BCUT2D eigenvalue weighted by Crippen LogP contribution is -2.16. The van der Waals surface area contributed by atoms with Crippen molar-refractivity contribution in [1.82, 2.24) is 9.97 Å². The second kappa shape index (κ2) is 12.2. The van der Waals surface area contributed by atoms with Gasteiger partial charge in [0.15, 0.2) is 11.5 Å². The SMILES string of the molecule is CCOc1cc(C=NNc2nc(-c3ccccc3)c(C#N)c(=O)[nH]2)cc(Br)c1OCc1ccccc1Cl. The molecule has 1 aromatic heterocycles. The van der Waals surface area contributed by atoms with Gasteiger partial charge in [0.1, 0.15) is 18.2 Å². The molecule has 10 heteroatoms. The van der Waals surface area contributed by atoms with Crippen LogP contribution in [-0.4, -0.2) is 22.8 Å². The molecule has 4 rings (SSSR count). The Morgan fingerprint density at radius 3 is 2.65 bits per heavy atom. The van der Waals surface area contributed by atoms with Crippen LogP contribution in [0.4, 0.5) is 5.95 Å². The van der Waals surface area contributed by atoms with Crippen molar-refractivity contribution in [3.05, 3.63) is 103 Å². The summed E-state index contributed by atoms with van der Waals surface area (Å²) >= 11 is 9.79. The minimum absolute atomic E-state index is 0.0709. The standard InChI is InChI=1S/C27H21BrClN5O3/c1-2-36-23-13-17(12-21(28)25(23)37-16-19-10-6-7-11-22(19)29)15-31-34-27-32-24(18-8-4-3-5-9-18)20(14-30)26(35)33-27/h3-13,15H,2,16H2,1H3,(H2,32,33,34,35). The van der Waals surface area contributed by atoms with Crippen molar-refractivity contribution in [2.45, 2.75) is 13.5 Å². The lowest BCUT2D eigenvalue weighted by Gasteiger charge is -2.15. The highest BCUT2D eigenvalue weighted by Crippen LogP contribution is 2.37. The molecule has 0 saturated carbocycles. The van der Waals surface area contributed by atoms with Crippen LogP contribution in [0.3, 0.4) is 0 Å². The highest BCUT2D eigenvalue weighted by Gasteiger charge is 2.14. The predicted octanol–water partition coefficient (Wildman–Crippen LogP) is 6.15. The third-order valence-corrected chi connectivity index (χ3v) is 6.08. The summed E-state index contributed by atoms with van der Waals surface area (Å²) in [4.78, 5) is 19.3. The van der Waals surface area contributed by atoms with Crippen molar-refractivity contribution in [1.29, 1.82) is 5.26 Å². The molecule has 0 radical (unpaired) electrons. The molecular formula is C27H21BrClN5O3. The maximum absolute atomic E-state index is 12.4. The summed E-state index contributed by atoms with van der Waals surface area (Å²) in [6, 6.07) is 22.0. The third kappa shape index (κ3) is 6.36. The van der Waals surface area contributed by atoms with E-state index in [1.54, 1.807) is 36.5 Å². The van der Waals surface area contributed by atoms with E-state index in [1.807, 2.05) is 49.4 Å². The van der Waals surface area contributed by atoms with Gasteiger partial charge in [0.25, 0.3) is 5.56 Å². The number of hydrogen-bond donors (Lipinski definition) is 2. The van der Waals surface area contributed by atoms with Crippen LogP contribution < -0.4 is 20.5 Å². The second-order valence-electron chi connectivity index (χ2n) is 7.63. The zero-order valence-corrected chi connectivity index (χ0v) is 22.0. The molecule has 2 N–H and O–H groups in total. The number of H-pyrrole nitrogens is 1. The van der Waals surface area contributed by atoms with Gasteiger partial charge >= 0.3 is 0 Å². The zero-order valence-electron chi connectivity index (χ0n) is 19.7. The van der Waals surface area contributed by atoms with E-state index in [0.717, 1.165) is 5.56 Å². The summed E-state index contributed by atoms with van der Waals surface area (Å²) in [5, 5.41) is 14.2. The maximum atomic E-state index is 12.4. The van der Waals surface area contributed by atoms with Gasteiger partial charge in [0.2, 0.25) is 5.95 Å². The number of nitrogens with one attached hydrogen (secondary N) is 2. The van der Waals surface area contributed by atoms with E-state index in [2.05, 4.69) is 36.4 Å². The van der Waals surface area contributed by atoms with Crippen molar-refractivity contribution in [2.24, 2.45) is 5.10 Å². The molecule has 0 aliphatic rings. The van der Waals surface area contributed by atoms with Crippen molar-refractivity contribution < 1.29 is 9.47 Å². The first kappa shape index (κ1) is 25.9. The average Bonchev–Trinajstić information content (AvgIpc) is 2.89. The molecular weight excluding hydrogens is 558 g/mol. The molecule has 186 valence electrons. The molecule has 0 aliphatic heterocycles. The fourth-order valence-electron chi connectivity index (χ4n) is 3.43. The van der Waals surface area contributed by atoms with Gasteiger partial charge in [0, 0.05) is 16.1 Å². The zero-order chi connectivity index (χ0) is 26.2. The van der Waals surface area contributed by atoms with Crippen LogP contribution in [0.5, 0.6) is 11.5 Å². The summed E-state index contributed by atoms with van der Waals surface area (Å²) in [5.41, 5.74) is 4.57. The number of halogens is 2. The van der Waals surface area contributed by atoms with E-state index in [1.165, 1.54) is 0 Å². The minimum atomic E-state index is -0.560. The minimum Gasteiger partial charge on any atom is -0.490 e. The number of rotatable bonds is 9. The van der Waals surface area contributed by atoms with Crippen LogP contribution in [0.2, 0.25) is 5.02 Å². The van der Waals surface area contributed by atoms with Crippen LogP contribution in [0, 0.1) is 11.3 Å². The van der Waals surface area contributed by atoms with Crippen molar-refractivity contribution in [3.8, 4) is 28.8 Å². The van der Waals surface area contributed by atoms with Gasteiger partial charge in [-0.2, -0.15) is 10.4 Å². The van der Waals surface area contributed by atoms with Crippen LogP contribution in [-0.2, 0) is 6.61 Å². The van der Waals surface area contributed by atoms with E-state index in [-0.39, 0.29) is 23.8 Å². The number of nitrogens with zero attached hydrogens (tertiary/aromatic N) is 3. The highest BCUT2D eigenvalue weighted by molar-refractivity contribution is 9.10. The molecule has 0 fully saturated rings. The maximum Gasteiger partial charge on any atom is 0.270 e. The van der Waals surface area contributed by atoms with Gasteiger partial charge in [-0.1, -0.05) is 60.1 Å². The Bertz CT molecular complexity index is 1530. The number of hydrazone groups is 1. The summed E-state index contributed by atoms with van der Waals surface area (Å²) in [6.45, 7) is 2.59. The first-order valence-electron chi connectivity index (χ1n) is 11.2. The van der Waals surface area contributed by atoms with Gasteiger partial charge < -0.3 is 9.47 Å². The molecule has 0 bridgehead atoms. The van der Waals surface area contributed by atoms with Crippen LogP contribution in [0.15, 0.2) is 81.1 Å². The van der Waals surface area contributed by atoms with Gasteiger partial charge in [-0.3, -0.25) is 9.78 Å². The molecule has 4 aromatic rings. The molecule has 37 heavy (non-hydrogen) atoms. The fraction of sp³-hybridized carbons (Fsp3) is 0.111. The Balaban J connectivity index is 1.56. The normalized spacial score (nSPS) is 10.8. The highest BCUT2D eigenvalue weighted by atomic mass is 79.9. The molecule has 0 spiro atoms. The average molecular weight is 579 g/mol. The summed E-state index contributed by atoms with van der Waals surface area (Å²) in [6.07, 6.45) is 1.55. The number of hydrogen-bond acceptors (Lipinski definition) is 7. The smallest absolute Gasteiger partial charge is 0.270 e. The Labute approximate surface area is 226 Å². The first-order valence-corrected chi connectivity index (χ1v) is 12.4. The topological polar surface area (TPSA) is 112 Å². The monoisotopic (exact) mass is 577 g/mol. The lowest BCUT2D eigenvalue weighted by atomic mass is 10.1. The number of aromatic nitrogens is 2. The van der Waals surface area contributed by atoms with Crippen molar-refractivity contribution >= 4 is 39.7 Å². The second-order valence-corrected chi connectivity index (χ2v) is 8.89. The van der Waals surface area contributed by atoms with Crippen LogP contribution in [0.1, 0.15) is 23.6 Å². The molecule has 0 amide bonds. The Kier molecular flexibility index (Phi) is 8.56. The van der Waals surface area contributed by atoms with Gasteiger partial charge in [-0.05, 0) is 46.6 Å². The van der Waals surface area contributed by atoms with E-state index in [4.69, 9.17) is 21.1 Å². The lowest BCUT2D eigenvalue weighted by molar-refractivity contribution is 0.267. The molecule has 3 aromatic carbocycles. The van der Waals surface area contributed by atoms with Crippen molar-refractivity contribution in [3.63, 3.8) is 0 Å².